The number of aromatic nitrogens is 3. The number of nitrogens with zero attached hydrogens (tertiary/aromatic N) is 3. The fourth-order valence-corrected chi connectivity index (χ4v) is 3.39. The number of carbonyl (C=O) groups excluding carboxylic acids is 1. The normalized spacial score (nSPS) is 11.0. The van der Waals surface area contributed by atoms with E-state index in [1.54, 1.807) is 12.1 Å². The lowest BCUT2D eigenvalue weighted by Crippen LogP contribution is -2.14. The summed E-state index contributed by atoms with van der Waals surface area (Å²) in [5, 5.41) is 4.06. The van der Waals surface area contributed by atoms with Crippen molar-refractivity contribution in [3.8, 4) is 23.7 Å². The summed E-state index contributed by atoms with van der Waals surface area (Å²) < 4.78 is 26.2. The van der Waals surface area contributed by atoms with Crippen LogP contribution in [0, 0.1) is 12.3 Å². The Morgan fingerprint density at radius 1 is 1.08 bits per heavy atom. The van der Waals surface area contributed by atoms with Crippen LogP contribution < -0.4 is 0 Å². The van der Waals surface area contributed by atoms with Gasteiger partial charge in [-0.3, -0.25) is 4.79 Å². The molecule has 1 heterocycles. The number of hydrogen-bond acceptors (Lipinski definition) is 5. The highest BCUT2D eigenvalue weighted by atomic mass is 32.2. The molecule has 130 valence electrons. The molecule has 0 aliphatic heterocycles. The lowest BCUT2D eigenvalue weighted by Gasteiger charge is -2.05. The van der Waals surface area contributed by atoms with Gasteiger partial charge in [-0.05, 0) is 12.1 Å². The van der Waals surface area contributed by atoms with Gasteiger partial charge in [0, 0.05) is 24.0 Å². The Bertz CT molecular complexity index is 1060. The fraction of sp³-hybridized carbons (Fsp3) is 0.105. The molecule has 0 aliphatic rings. The molecule has 0 amide bonds. The molecule has 0 saturated carbocycles. The molecule has 0 radical (unpaired) electrons. The first-order chi connectivity index (χ1) is 12.5. The van der Waals surface area contributed by atoms with Crippen molar-refractivity contribution in [2.24, 2.45) is 0 Å². The molecule has 3 aromatic rings. The number of benzene rings is 2. The van der Waals surface area contributed by atoms with Crippen molar-refractivity contribution in [2.45, 2.75) is 17.7 Å². The molecule has 0 bridgehead atoms. The van der Waals surface area contributed by atoms with E-state index in [1.165, 1.54) is 24.3 Å². The van der Waals surface area contributed by atoms with Crippen molar-refractivity contribution in [1.29, 1.82) is 0 Å². The van der Waals surface area contributed by atoms with Crippen LogP contribution in [0.1, 0.15) is 23.2 Å². The van der Waals surface area contributed by atoms with E-state index in [0.29, 0.717) is 17.8 Å². The topological polar surface area (TPSA) is 81.9 Å². The summed E-state index contributed by atoms with van der Waals surface area (Å²) in [6, 6.07) is 14.8. The molecular formula is C19H15N3O3S. The number of carbonyl (C=O) groups is 1. The third-order valence-corrected chi connectivity index (χ3v) is 5.26. The quantitative estimate of drug-likeness (QED) is 0.495. The highest BCUT2D eigenvalue weighted by molar-refractivity contribution is 7.89. The van der Waals surface area contributed by atoms with Crippen LogP contribution in [-0.4, -0.2) is 28.4 Å². The van der Waals surface area contributed by atoms with E-state index in [1.807, 2.05) is 18.2 Å². The van der Waals surface area contributed by atoms with Gasteiger partial charge in [0.05, 0.1) is 4.90 Å². The SMILES string of the molecule is C#CCCC(=O)c1ccc(S(=O)(=O)n2cnc(-c3ccccc3)n2)cc1. The molecule has 0 N–H and O–H groups in total. The minimum absolute atomic E-state index is 0.0236. The number of hydrogen-bond donors (Lipinski definition) is 0. The van der Waals surface area contributed by atoms with E-state index in [-0.39, 0.29) is 17.1 Å². The van der Waals surface area contributed by atoms with Crippen molar-refractivity contribution < 1.29 is 13.2 Å². The maximum Gasteiger partial charge on any atom is 0.284 e. The summed E-state index contributed by atoms with van der Waals surface area (Å²) in [5.41, 5.74) is 1.14. The average Bonchev–Trinajstić information content (AvgIpc) is 3.18. The van der Waals surface area contributed by atoms with Crippen LogP contribution in [-0.2, 0) is 10.0 Å². The van der Waals surface area contributed by atoms with Gasteiger partial charge in [-0.2, -0.15) is 8.42 Å². The molecule has 0 atom stereocenters. The second kappa shape index (κ2) is 7.33. The largest absolute Gasteiger partial charge is 0.294 e. The Morgan fingerprint density at radius 2 is 1.77 bits per heavy atom. The van der Waals surface area contributed by atoms with Gasteiger partial charge in [-0.15, -0.1) is 21.5 Å². The van der Waals surface area contributed by atoms with Crippen molar-refractivity contribution in [2.75, 3.05) is 0 Å². The van der Waals surface area contributed by atoms with Gasteiger partial charge in [-0.25, -0.2) is 4.98 Å². The third-order valence-electron chi connectivity index (χ3n) is 3.72. The predicted octanol–water partition coefficient (Wildman–Crippen LogP) is 2.78. The molecule has 1 aromatic heterocycles. The molecule has 0 aliphatic carbocycles. The Hall–Kier alpha value is -3.24. The van der Waals surface area contributed by atoms with Gasteiger partial charge in [0.2, 0.25) is 0 Å². The molecular weight excluding hydrogens is 350 g/mol. The predicted molar refractivity (Wildman–Crippen MR) is 96.9 cm³/mol. The van der Waals surface area contributed by atoms with Crippen LogP contribution in [0.4, 0.5) is 0 Å². The van der Waals surface area contributed by atoms with Crippen LogP contribution in [0.3, 0.4) is 0 Å². The second-order valence-corrected chi connectivity index (χ2v) is 7.26. The lowest BCUT2D eigenvalue weighted by atomic mass is 10.1. The Balaban J connectivity index is 1.86. The lowest BCUT2D eigenvalue weighted by molar-refractivity contribution is 0.0984. The first kappa shape index (κ1) is 17.6. The molecule has 26 heavy (non-hydrogen) atoms. The van der Waals surface area contributed by atoms with Crippen molar-refractivity contribution in [3.05, 3.63) is 66.5 Å². The van der Waals surface area contributed by atoms with E-state index >= 15 is 0 Å². The van der Waals surface area contributed by atoms with Crippen LogP contribution in [0.2, 0.25) is 0 Å². The van der Waals surface area contributed by atoms with Crippen LogP contribution in [0.15, 0.2) is 65.8 Å². The summed E-state index contributed by atoms with van der Waals surface area (Å²) in [6.07, 6.45) is 6.88. The maximum atomic E-state index is 12.7. The first-order valence-corrected chi connectivity index (χ1v) is 9.26. The molecule has 6 nitrogen and oxygen atoms in total. The summed E-state index contributed by atoms with van der Waals surface area (Å²) in [7, 11) is -3.89. The van der Waals surface area contributed by atoms with Crippen LogP contribution >= 0.6 is 0 Å². The first-order valence-electron chi connectivity index (χ1n) is 7.82. The Labute approximate surface area is 151 Å². The minimum Gasteiger partial charge on any atom is -0.294 e. The Morgan fingerprint density at radius 3 is 2.42 bits per heavy atom. The zero-order valence-electron chi connectivity index (χ0n) is 13.7. The van der Waals surface area contributed by atoms with E-state index in [9.17, 15) is 13.2 Å². The number of ketones is 1. The maximum absolute atomic E-state index is 12.7. The van der Waals surface area contributed by atoms with Gasteiger partial charge in [-0.1, -0.05) is 42.5 Å². The number of rotatable bonds is 6. The van der Waals surface area contributed by atoms with E-state index in [0.717, 1.165) is 16.0 Å². The van der Waals surface area contributed by atoms with Gasteiger partial charge < -0.3 is 0 Å². The molecule has 0 unspecified atom stereocenters. The highest BCUT2D eigenvalue weighted by Gasteiger charge is 2.20. The molecule has 0 spiro atoms. The van der Waals surface area contributed by atoms with E-state index in [2.05, 4.69) is 16.0 Å². The summed E-state index contributed by atoms with van der Waals surface area (Å²) in [4.78, 5) is 16.0. The molecule has 3 rings (SSSR count). The van der Waals surface area contributed by atoms with Gasteiger partial charge >= 0.3 is 0 Å². The fourth-order valence-electron chi connectivity index (χ4n) is 2.34. The minimum atomic E-state index is -3.89. The summed E-state index contributed by atoms with van der Waals surface area (Å²) >= 11 is 0. The summed E-state index contributed by atoms with van der Waals surface area (Å²) in [5.74, 6) is 2.60. The number of terminal acetylenes is 1. The molecule has 0 saturated heterocycles. The summed E-state index contributed by atoms with van der Waals surface area (Å²) in [6.45, 7) is 0. The van der Waals surface area contributed by atoms with Gasteiger partial charge in [0.1, 0.15) is 6.33 Å². The van der Waals surface area contributed by atoms with E-state index < -0.39 is 10.0 Å². The standard InChI is InChI=1S/C19H15N3O3S/c1-2-3-9-18(23)15-10-12-17(13-11-15)26(24,25)22-14-20-19(21-22)16-7-5-4-6-8-16/h1,4-8,10-14H,3,9H2. The van der Waals surface area contributed by atoms with Crippen LogP contribution in [0.5, 0.6) is 0 Å². The number of Topliss-reactive ketones (excluding diaryl/α,β-unsaturated/α-hetero) is 1. The monoisotopic (exact) mass is 365 g/mol. The highest BCUT2D eigenvalue weighted by Crippen LogP contribution is 2.18. The molecule has 7 heteroatoms. The second-order valence-electron chi connectivity index (χ2n) is 5.46. The Kier molecular flexibility index (Phi) is 4.96. The zero-order chi connectivity index (χ0) is 18.6. The van der Waals surface area contributed by atoms with Gasteiger partial charge in [0.25, 0.3) is 10.0 Å². The zero-order valence-corrected chi connectivity index (χ0v) is 14.6. The molecule has 0 fully saturated rings. The van der Waals surface area contributed by atoms with Crippen LogP contribution in [0.25, 0.3) is 11.4 Å². The third kappa shape index (κ3) is 3.55. The van der Waals surface area contributed by atoms with Gasteiger partial charge in [0.15, 0.2) is 11.6 Å². The van der Waals surface area contributed by atoms with Crippen molar-refractivity contribution >= 4 is 15.8 Å². The smallest absolute Gasteiger partial charge is 0.284 e. The van der Waals surface area contributed by atoms with Crippen molar-refractivity contribution in [3.63, 3.8) is 0 Å². The van der Waals surface area contributed by atoms with Crippen molar-refractivity contribution in [1.82, 2.24) is 14.2 Å². The van der Waals surface area contributed by atoms with E-state index in [4.69, 9.17) is 6.42 Å². The average molecular weight is 365 g/mol. The molecule has 2 aromatic carbocycles.